The van der Waals surface area contributed by atoms with E-state index in [-0.39, 0.29) is 5.95 Å². The van der Waals surface area contributed by atoms with E-state index >= 15 is 0 Å². The van der Waals surface area contributed by atoms with Gasteiger partial charge in [-0.2, -0.15) is 9.97 Å². The Kier molecular flexibility index (Phi) is 3.88. The van der Waals surface area contributed by atoms with Crippen molar-refractivity contribution in [1.82, 2.24) is 14.9 Å². The van der Waals surface area contributed by atoms with Gasteiger partial charge in [0.2, 0.25) is 5.95 Å². The summed E-state index contributed by atoms with van der Waals surface area (Å²) < 4.78 is 5.28. The van der Waals surface area contributed by atoms with Gasteiger partial charge in [-0.05, 0) is 30.7 Å². The highest BCUT2D eigenvalue weighted by Crippen LogP contribution is 2.45. The fourth-order valence-electron chi connectivity index (χ4n) is 4.38. The Morgan fingerprint density at radius 1 is 1.08 bits per heavy atom. The number of ether oxygens (including phenoxy) is 1. The Hall–Kier alpha value is -2.54. The van der Waals surface area contributed by atoms with Crippen molar-refractivity contribution >= 4 is 17.6 Å². The minimum atomic E-state index is 0.232. The molecule has 0 saturated carbocycles. The largest absolute Gasteiger partial charge is 0.497 e. The smallest absolute Gasteiger partial charge is 0.223 e. The molecule has 0 radical (unpaired) electrons. The molecule has 0 unspecified atom stereocenters. The number of aromatic nitrogens is 2. The van der Waals surface area contributed by atoms with E-state index in [1.807, 2.05) is 18.2 Å². The Labute approximate surface area is 147 Å². The molecule has 1 aromatic carbocycles. The van der Waals surface area contributed by atoms with Crippen LogP contribution in [0.4, 0.5) is 17.6 Å². The number of rotatable bonds is 3. The monoisotopic (exact) mass is 340 g/mol. The highest BCUT2D eigenvalue weighted by molar-refractivity contribution is 5.51. The van der Waals surface area contributed by atoms with Crippen LogP contribution in [0, 0.1) is 11.8 Å². The van der Waals surface area contributed by atoms with Gasteiger partial charge in [0.15, 0.2) is 0 Å². The zero-order chi connectivity index (χ0) is 17.6. The average Bonchev–Trinajstić information content (AvgIpc) is 3.11. The fraction of sp³-hybridized carbons (Fsp3) is 0.444. The van der Waals surface area contributed by atoms with Crippen molar-refractivity contribution in [2.75, 3.05) is 50.2 Å². The van der Waals surface area contributed by atoms with Gasteiger partial charge in [0, 0.05) is 37.7 Å². The standard InChI is InChI=1S/C18H24N6O/c1-23-8-12-9-24(16-7-15(19)21-18(20)22-16)10-14(12)17(23)11-3-5-13(25-2)6-4-11/h3-7,12,14,17H,8-10H2,1-2H3,(H4,19,20,21,22)/t12-,14+,17+/m0/s1. The van der Waals surface area contributed by atoms with Crippen molar-refractivity contribution < 1.29 is 4.74 Å². The molecule has 2 saturated heterocycles. The van der Waals surface area contributed by atoms with Crippen molar-refractivity contribution in [2.45, 2.75) is 6.04 Å². The molecule has 2 aliphatic heterocycles. The number of nitrogen functional groups attached to an aromatic ring is 2. The molecule has 2 aliphatic rings. The van der Waals surface area contributed by atoms with Gasteiger partial charge in [-0.25, -0.2) is 0 Å². The highest BCUT2D eigenvalue weighted by atomic mass is 16.5. The number of methoxy groups -OCH3 is 1. The van der Waals surface area contributed by atoms with Crippen LogP contribution in [0.25, 0.3) is 0 Å². The molecule has 7 nitrogen and oxygen atoms in total. The van der Waals surface area contributed by atoms with E-state index in [0.717, 1.165) is 31.2 Å². The summed E-state index contributed by atoms with van der Waals surface area (Å²) in [6, 6.07) is 10.6. The molecule has 2 aromatic rings. The molecular weight excluding hydrogens is 316 g/mol. The summed E-state index contributed by atoms with van der Waals surface area (Å²) in [4.78, 5) is 13.1. The first-order valence-corrected chi connectivity index (χ1v) is 8.54. The molecule has 4 N–H and O–H groups in total. The van der Waals surface area contributed by atoms with Gasteiger partial charge in [0.05, 0.1) is 7.11 Å². The Balaban J connectivity index is 1.58. The van der Waals surface area contributed by atoms with Crippen molar-refractivity contribution in [2.24, 2.45) is 11.8 Å². The number of anilines is 3. The Bertz CT molecular complexity index is 744. The van der Waals surface area contributed by atoms with Gasteiger partial charge in [-0.3, -0.25) is 4.90 Å². The normalized spacial score (nSPS) is 26.0. The first-order chi connectivity index (χ1) is 12.0. The van der Waals surface area contributed by atoms with Gasteiger partial charge in [0.1, 0.15) is 17.4 Å². The number of fused-ring (bicyclic) bond motifs is 1. The van der Waals surface area contributed by atoms with Crippen LogP contribution in [0.15, 0.2) is 30.3 Å². The lowest BCUT2D eigenvalue weighted by atomic mass is 9.89. The first-order valence-electron chi connectivity index (χ1n) is 8.54. The van der Waals surface area contributed by atoms with E-state index in [2.05, 4.69) is 38.9 Å². The number of benzene rings is 1. The zero-order valence-corrected chi connectivity index (χ0v) is 14.6. The molecule has 3 atom stereocenters. The molecule has 7 heteroatoms. The van der Waals surface area contributed by atoms with Crippen LogP contribution < -0.4 is 21.1 Å². The van der Waals surface area contributed by atoms with E-state index in [1.165, 1.54) is 5.56 Å². The van der Waals surface area contributed by atoms with Gasteiger partial charge in [0.25, 0.3) is 0 Å². The first kappa shape index (κ1) is 16.0. The third-order valence-electron chi connectivity index (χ3n) is 5.43. The van der Waals surface area contributed by atoms with Gasteiger partial charge in [-0.15, -0.1) is 0 Å². The quantitative estimate of drug-likeness (QED) is 0.872. The molecular formula is C18H24N6O. The maximum absolute atomic E-state index is 5.83. The van der Waals surface area contributed by atoms with Crippen molar-refractivity contribution in [3.05, 3.63) is 35.9 Å². The van der Waals surface area contributed by atoms with E-state index < -0.39 is 0 Å². The van der Waals surface area contributed by atoms with E-state index in [4.69, 9.17) is 16.2 Å². The summed E-state index contributed by atoms with van der Waals surface area (Å²) >= 11 is 0. The Morgan fingerprint density at radius 2 is 1.84 bits per heavy atom. The zero-order valence-electron chi connectivity index (χ0n) is 14.6. The van der Waals surface area contributed by atoms with Crippen LogP contribution in [-0.2, 0) is 0 Å². The van der Waals surface area contributed by atoms with E-state index in [0.29, 0.717) is 23.7 Å². The van der Waals surface area contributed by atoms with Crippen LogP contribution in [-0.4, -0.2) is 48.7 Å². The molecule has 0 amide bonds. The molecule has 4 rings (SSSR count). The van der Waals surface area contributed by atoms with Crippen molar-refractivity contribution in [3.63, 3.8) is 0 Å². The highest BCUT2D eigenvalue weighted by Gasteiger charge is 2.46. The summed E-state index contributed by atoms with van der Waals surface area (Å²) in [5.74, 6) is 3.53. The third-order valence-corrected chi connectivity index (χ3v) is 5.43. The molecule has 132 valence electrons. The summed E-state index contributed by atoms with van der Waals surface area (Å²) in [5.41, 5.74) is 12.9. The van der Waals surface area contributed by atoms with Crippen LogP contribution in [0.2, 0.25) is 0 Å². The minimum absolute atomic E-state index is 0.232. The van der Waals surface area contributed by atoms with Crippen LogP contribution in [0.5, 0.6) is 5.75 Å². The molecule has 2 fully saturated rings. The average molecular weight is 340 g/mol. The van der Waals surface area contributed by atoms with Gasteiger partial charge >= 0.3 is 0 Å². The van der Waals surface area contributed by atoms with Gasteiger partial charge in [-0.1, -0.05) is 12.1 Å². The fourth-order valence-corrected chi connectivity index (χ4v) is 4.38. The maximum Gasteiger partial charge on any atom is 0.223 e. The SMILES string of the molecule is COc1ccc([C@@H]2[C@@H]3CN(c4cc(N)nc(N)n4)C[C@@H]3CN2C)cc1. The lowest BCUT2D eigenvalue weighted by molar-refractivity contribution is 0.279. The van der Waals surface area contributed by atoms with Crippen LogP contribution in [0.1, 0.15) is 11.6 Å². The summed E-state index contributed by atoms with van der Waals surface area (Å²) in [7, 11) is 3.90. The second kappa shape index (κ2) is 6.07. The predicted molar refractivity (Wildman–Crippen MR) is 98.4 cm³/mol. The van der Waals surface area contributed by atoms with Crippen LogP contribution in [0.3, 0.4) is 0 Å². The summed E-state index contributed by atoms with van der Waals surface area (Å²) in [6.45, 7) is 2.99. The molecule has 0 bridgehead atoms. The second-order valence-electron chi connectivity index (χ2n) is 7.00. The Morgan fingerprint density at radius 3 is 2.52 bits per heavy atom. The lowest BCUT2D eigenvalue weighted by Crippen LogP contribution is -2.29. The number of likely N-dealkylation sites (tertiary alicyclic amines) is 1. The van der Waals surface area contributed by atoms with Gasteiger partial charge < -0.3 is 21.1 Å². The van der Waals surface area contributed by atoms with E-state index in [9.17, 15) is 0 Å². The topological polar surface area (TPSA) is 93.5 Å². The summed E-state index contributed by atoms with van der Waals surface area (Å²) in [5, 5.41) is 0. The number of hydrogen-bond acceptors (Lipinski definition) is 7. The van der Waals surface area contributed by atoms with Crippen molar-refractivity contribution in [1.29, 1.82) is 0 Å². The number of nitrogens with two attached hydrogens (primary N) is 2. The van der Waals surface area contributed by atoms with Crippen LogP contribution >= 0.6 is 0 Å². The minimum Gasteiger partial charge on any atom is -0.497 e. The molecule has 1 aromatic heterocycles. The third kappa shape index (κ3) is 2.84. The molecule has 0 aliphatic carbocycles. The molecule has 3 heterocycles. The number of nitrogens with zero attached hydrogens (tertiary/aromatic N) is 4. The summed E-state index contributed by atoms with van der Waals surface area (Å²) in [6.07, 6.45) is 0. The maximum atomic E-state index is 5.83. The lowest BCUT2D eigenvalue weighted by Gasteiger charge is -2.27. The molecule has 25 heavy (non-hydrogen) atoms. The predicted octanol–water partition coefficient (Wildman–Crippen LogP) is 1.39. The van der Waals surface area contributed by atoms with E-state index in [1.54, 1.807) is 7.11 Å². The second-order valence-corrected chi connectivity index (χ2v) is 7.00. The molecule has 0 spiro atoms. The van der Waals surface area contributed by atoms with Crippen molar-refractivity contribution in [3.8, 4) is 5.75 Å². The number of hydrogen-bond donors (Lipinski definition) is 2.